The molecule has 2 rings (SSSR count). The van der Waals surface area contributed by atoms with E-state index in [0.717, 1.165) is 31.4 Å². The molecule has 0 spiro atoms. The summed E-state index contributed by atoms with van der Waals surface area (Å²) < 4.78 is 7.46. The van der Waals surface area contributed by atoms with Crippen molar-refractivity contribution < 1.29 is 4.74 Å². The summed E-state index contributed by atoms with van der Waals surface area (Å²) in [4.78, 5) is 0. The Morgan fingerprint density at radius 1 is 1.11 bits per heavy atom. The SMILES string of the molecule is COc1ccc(Br)cc1C(N)c1cccc(Br)c1C. The highest BCUT2D eigenvalue weighted by molar-refractivity contribution is 9.10. The van der Waals surface area contributed by atoms with E-state index in [2.05, 4.69) is 38.8 Å². The summed E-state index contributed by atoms with van der Waals surface area (Å²) in [7, 11) is 1.66. The molecule has 19 heavy (non-hydrogen) atoms. The van der Waals surface area contributed by atoms with Gasteiger partial charge in [0.25, 0.3) is 0 Å². The van der Waals surface area contributed by atoms with Crippen LogP contribution in [0.15, 0.2) is 45.3 Å². The van der Waals surface area contributed by atoms with Gasteiger partial charge in [-0.1, -0.05) is 44.0 Å². The maximum absolute atomic E-state index is 6.41. The number of rotatable bonds is 3. The second-order valence-electron chi connectivity index (χ2n) is 4.32. The molecule has 100 valence electrons. The van der Waals surface area contributed by atoms with Gasteiger partial charge in [-0.2, -0.15) is 0 Å². The van der Waals surface area contributed by atoms with Gasteiger partial charge in [0, 0.05) is 14.5 Å². The number of hydrogen-bond donors (Lipinski definition) is 1. The summed E-state index contributed by atoms with van der Waals surface area (Å²) in [6, 6.07) is 11.7. The summed E-state index contributed by atoms with van der Waals surface area (Å²) in [5.74, 6) is 0.801. The topological polar surface area (TPSA) is 35.2 Å². The van der Waals surface area contributed by atoms with Crippen LogP contribution < -0.4 is 10.5 Å². The van der Waals surface area contributed by atoms with Crippen molar-refractivity contribution in [3.63, 3.8) is 0 Å². The highest BCUT2D eigenvalue weighted by Crippen LogP contribution is 2.33. The molecule has 0 saturated carbocycles. The Balaban J connectivity index is 2.52. The molecule has 4 heteroatoms. The minimum atomic E-state index is -0.218. The molecule has 0 aromatic heterocycles. The van der Waals surface area contributed by atoms with Gasteiger partial charge < -0.3 is 10.5 Å². The first kappa shape index (κ1) is 14.6. The standard InChI is InChI=1S/C15H15Br2NO/c1-9-11(4-3-5-13(9)17)15(18)12-8-10(16)6-7-14(12)19-2/h3-8,15H,18H2,1-2H3. The largest absolute Gasteiger partial charge is 0.496 e. The average Bonchev–Trinajstić information content (AvgIpc) is 2.41. The van der Waals surface area contributed by atoms with Crippen LogP contribution in [0.25, 0.3) is 0 Å². The first-order valence-electron chi connectivity index (χ1n) is 5.88. The molecule has 1 unspecified atom stereocenters. The van der Waals surface area contributed by atoms with Crippen molar-refractivity contribution >= 4 is 31.9 Å². The van der Waals surface area contributed by atoms with E-state index in [1.165, 1.54) is 0 Å². The quantitative estimate of drug-likeness (QED) is 0.840. The lowest BCUT2D eigenvalue weighted by atomic mass is 9.95. The Bertz CT molecular complexity index is 599. The molecule has 0 amide bonds. The Morgan fingerprint density at radius 3 is 2.53 bits per heavy atom. The first-order valence-corrected chi connectivity index (χ1v) is 7.47. The second kappa shape index (κ2) is 6.07. The molecular formula is C15H15Br2NO. The third-order valence-corrected chi connectivity index (χ3v) is 4.52. The average molecular weight is 385 g/mol. The lowest BCUT2D eigenvalue weighted by Crippen LogP contribution is -2.14. The van der Waals surface area contributed by atoms with E-state index >= 15 is 0 Å². The normalized spacial score (nSPS) is 12.3. The van der Waals surface area contributed by atoms with Crippen LogP contribution in [-0.4, -0.2) is 7.11 Å². The molecule has 2 nitrogen and oxygen atoms in total. The van der Waals surface area contributed by atoms with Gasteiger partial charge in [-0.05, 0) is 42.3 Å². The maximum atomic E-state index is 6.41. The summed E-state index contributed by atoms with van der Waals surface area (Å²) in [5.41, 5.74) is 9.62. The first-order chi connectivity index (χ1) is 9.04. The molecule has 1 atom stereocenters. The fourth-order valence-corrected chi connectivity index (χ4v) is 2.84. The molecule has 0 radical (unpaired) electrons. The number of benzene rings is 2. The number of ether oxygens (including phenoxy) is 1. The van der Waals surface area contributed by atoms with E-state index in [9.17, 15) is 0 Å². The molecule has 2 aromatic carbocycles. The van der Waals surface area contributed by atoms with Crippen LogP contribution >= 0.6 is 31.9 Å². The fraction of sp³-hybridized carbons (Fsp3) is 0.200. The third-order valence-electron chi connectivity index (χ3n) is 3.17. The molecule has 0 saturated heterocycles. The van der Waals surface area contributed by atoms with Crippen LogP contribution in [0.5, 0.6) is 5.75 Å². The van der Waals surface area contributed by atoms with Gasteiger partial charge in [0.2, 0.25) is 0 Å². The van der Waals surface area contributed by atoms with Crippen molar-refractivity contribution in [2.24, 2.45) is 5.73 Å². The lowest BCUT2D eigenvalue weighted by Gasteiger charge is -2.19. The summed E-state index contributed by atoms with van der Waals surface area (Å²) in [5, 5.41) is 0. The minimum Gasteiger partial charge on any atom is -0.496 e. The van der Waals surface area contributed by atoms with Crippen molar-refractivity contribution in [2.75, 3.05) is 7.11 Å². The number of halogens is 2. The number of hydrogen-bond acceptors (Lipinski definition) is 2. The van der Waals surface area contributed by atoms with Crippen LogP contribution in [-0.2, 0) is 0 Å². The predicted molar refractivity (Wildman–Crippen MR) is 85.6 cm³/mol. The maximum Gasteiger partial charge on any atom is 0.124 e. The molecule has 2 N–H and O–H groups in total. The van der Waals surface area contributed by atoms with Gasteiger partial charge in [0.05, 0.1) is 13.2 Å². The van der Waals surface area contributed by atoms with Crippen molar-refractivity contribution in [1.82, 2.24) is 0 Å². The number of methoxy groups -OCH3 is 1. The fourth-order valence-electron chi connectivity index (χ4n) is 2.08. The van der Waals surface area contributed by atoms with E-state index in [4.69, 9.17) is 10.5 Å². The third kappa shape index (κ3) is 3.02. The second-order valence-corrected chi connectivity index (χ2v) is 6.09. The minimum absolute atomic E-state index is 0.218. The number of nitrogens with two attached hydrogens (primary N) is 1. The molecule has 0 bridgehead atoms. The van der Waals surface area contributed by atoms with Crippen molar-refractivity contribution in [3.05, 3.63) is 62.0 Å². The Morgan fingerprint density at radius 2 is 1.84 bits per heavy atom. The van der Waals surface area contributed by atoms with Crippen molar-refractivity contribution in [2.45, 2.75) is 13.0 Å². The van der Waals surface area contributed by atoms with E-state index in [1.54, 1.807) is 7.11 Å². The molecule has 0 heterocycles. The smallest absolute Gasteiger partial charge is 0.124 e. The summed E-state index contributed by atoms with van der Waals surface area (Å²) >= 11 is 7.02. The van der Waals surface area contributed by atoms with Crippen LogP contribution in [0.4, 0.5) is 0 Å². The van der Waals surface area contributed by atoms with Gasteiger partial charge in [-0.25, -0.2) is 0 Å². The Kier molecular flexibility index (Phi) is 4.66. The van der Waals surface area contributed by atoms with Crippen LogP contribution in [0, 0.1) is 6.92 Å². The van der Waals surface area contributed by atoms with Crippen LogP contribution in [0.3, 0.4) is 0 Å². The van der Waals surface area contributed by atoms with Crippen LogP contribution in [0.1, 0.15) is 22.7 Å². The van der Waals surface area contributed by atoms with E-state index in [0.29, 0.717) is 0 Å². The Labute approximate surface area is 130 Å². The molecule has 0 aliphatic carbocycles. The monoisotopic (exact) mass is 383 g/mol. The predicted octanol–water partition coefficient (Wildman–Crippen LogP) is 4.58. The zero-order valence-corrected chi connectivity index (χ0v) is 14.0. The van der Waals surface area contributed by atoms with E-state index in [-0.39, 0.29) is 6.04 Å². The molecule has 0 fully saturated rings. The van der Waals surface area contributed by atoms with Crippen LogP contribution in [0.2, 0.25) is 0 Å². The summed E-state index contributed by atoms with van der Waals surface area (Å²) in [6.07, 6.45) is 0. The van der Waals surface area contributed by atoms with Crippen molar-refractivity contribution in [3.8, 4) is 5.75 Å². The van der Waals surface area contributed by atoms with Gasteiger partial charge in [-0.3, -0.25) is 0 Å². The van der Waals surface area contributed by atoms with E-state index < -0.39 is 0 Å². The molecule has 2 aromatic rings. The molecular weight excluding hydrogens is 370 g/mol. The highest BCUT2D eigenvalue weighted by Gasteiger charge is 2.17. The van der Waals surface area contributed by atoms with Crippen molar-refractivity contribution in [1.29, 1.82) is 0 Å². The Hall–Kier alpha value is -0.840. The van der Waals surface area contributed by atoms with Gasteiger partial charge >= 0.3 is 0 Å². The van der Waals surface area contributed by atoms with E-state index in [1.807, 2.05) is 36.4 Å². The molecule has 0 aliphatic rings. The van der Waals surface area contributed by atoms with Gasteiger partial charge in [0.15, 0.2) is 0 Å². The van der Waals surface area contributed by atoms with Gasteiger partial charge in [0.1, 0.15) is 5.75 Å². The lowest BCUT2D eigenvalue weighted by molar-refractivity contribution is 0.407. The van der Waals surface area contributed by atoms with Gasteiger partial charge in [-0.15, -0.1) is 0 Å². The zero-order chi connectivity index (χ0) is 14.0. The zero-order valence-electron chi connectivity index (χ0n) is 10.8. The highest BCUT2D eigenvalue weighted by atomic mass is 79.9. The summed E-state index contributed by atoms with van der Waals surface area (Å²) in [6.45, 7) is 2.06. The molecule has 0 aliphatic heterocycles.